The van der Waals surface area contributed by atoms with Crippen LogP contribution in [0.3, 0.4) is 0 Å². The molecule has 28 heavy (non-hydrogen) atoms. The van der Waals surface area contributed by atoms with Crippen LogP contribution in [0.5, 0.6) is 0 Å². The van der Waals surface area contributed by atoms with Crippen LogP contribution < -0.4 is 0 Å². The van der Waals surface area contributed by atoms with E-state index >= 15 is 0 Å². The van der Waals surface area contributed by atoms with E-state index in [0.717, 1.165) is 0 Å². The van der Waals surface area contributed by atoms with Gasteiger partial charge >= 0.3 is 0 Å². The Bertz CT molecular complexity index is 767. The van der Waals surface area contributed by atoms with Gasteiger partial charge in [0.25, 0.3) is 0 Å². The molecule has 0 atom stereocenters. The lowest BCUT2D eigenvalue weighted by Crippen LogP contribution is -2.39. The highest BCUT2D eigenvalue weighted by Crippen LogP contribution is 2.47. The second-order valence-corrected chi connectivity index (χ2v) is 14.3. The van der Waals surface area contributed by atoms with Crippen LogP contribution in [0.2, 0.25) is 0 Å². The van der Waals surface area contributed by atoms with E-state index in [1.54, 1.807) is 0 Å². The summed E-state index contributed by atoms with van der Waals surface area (Å²) in [7, 11) is 0. The number of benzene rings is 2. The highest BCUT2D eigenvalue weighted by molar-refractivity contribution is 8.01. The summed E-state index contributed by atoms with van der Waals surface area (Å²) in [5.74, 6) is 0. The van der Waals surface area contributed by atoms with Gasteiger partial charge in [0.15, 0.2) is 0 Å². The fraction of sp³-hybridized carbons (Fsp3) is 0.538. The third-order valence-electron chi connectivity index (χ3n) is 5.60. The molecule has 0 saturated heterocycles. The van der Waals surface area contributed by atoms with Crippen molar-refractivity contribution in [2.24, 2.45) is 0 Å². The van der Waals surface area contributed by atoms with Crippen molar-refractivity contribution in [1.82, 2.24) is 0 Å². The van der Waals surface area contributed by atoms with Crippen molar-refractivity contribution in [2.75, 3.05) is 0 Å². The Morgan fingerprint density at radius 3 is 1.29 bits per heavy atom. The van der Waals surface area contributed by atoms with E-state index in [4.69, 9.17) is 0 Å². The maximum Gasteiger partial charge on any atom is 0.0242 e. The lowest BCUT2D eigenvalue weighted by atomic mass is 9.74. The van der Waals surface area contributed by atoms with E-state index in [1.807, 2.05) is 23.5 Å². The van der Waals surface area contributed by atoms with Gasteiger partial charge in [0.2, 0.25) is 0 Å². The summed E-state index contributed by atoms with van der Waals surface area (Å²) in [6, 6.07) is 18.3. The Kier molecular flexibility index (Phi) is 6.78. The van der Waals surface area contributed by atoms with Crippen LogP contribution >= 0.6 is 23.5 Å². The van der Waals surface area contributed by atoms with Crippen molar-refractivity contribution in [1.29, 1.82) is 0 Å². The fourth-order valence-corrected chi connectivity index (χ4v) is 5.30. The van der Waals surface area contributed by atoms with Crippen molar-refractivity contribution < 1.29 is 0 Å². The minimum Gasteiger partial charge on any atom is -0.120 e. The molecule has 0 saturated carbocycles. The van der Waals surface area contributed by atoms with E-state index in [1.165, 1.54) is 20.9 Å². The molecular weight excluding hydrogens is 376 g/mol. The normalized spacial score (nSPS) is 13.6. The predicted octanol–water partition coefficient (Wildman–Crippen LogP) is 8.72. The molecule has 0 nitrogen and oxygen atoms in total. The van der Waals surface area contributed by atoms with Crippen LogP contribution in [0.25, 0.3) is 0 Å². The highest BCUT2D eigenvalue weighted by atomic mass is 32.2. The first kappa shape index (κ1) is 23.4. The standard InChI is InChI=1S/C26H38S2/c1-23(2,3)19-11-15-22(16-12-19)28-26(9,10)25(7,8)20-13-17-21(18-14-20)27-24(4,5)6/h11-18H,1-10H3. The van der Waals surface area contributed by atoms with Gasteiger partial charge in [-0.2, -0.15) is 0 Å². The van der Waals surface area contributed by atoms with Crippen LogP contribution in [0.4, 0.5) is 0 Å². The molecule has 0 aliphatic carbocycles. The SMILES string of the molecule is CC(C)(C)Sc1ccc(C(C)(C)C(C)(C)Sc2ccc(C(C)(C)C)cc2)cc1. The Morgan fingerprint density at radius 2 is 0.893 bits per heavy atom. The summed E-state index contributed by atoms with van der Waals surface area (Å²) in [6.45, 7) is 23.1. The van der Waals surface area contributed by atoms with Crippen molar-refractivity contribution in [3.63, 3.8) is 0 Å². The van der Waals surface area contributed by atoms with Gasteiger partial charge in [-0.15, -0.1) is 23.5 Å². The van der Waals surface area contributed by atoms with Gasteiger partial charge in [0, 0.05) is 24.7 Å². The van der Waals surface area contributed by atoms with Crippen LogP contribution in [0.15, 0.2) is 58.3 Å². The highest BCUT2D eigenvalue weighted by Gasteiger charge is 2.39. The smallest absolute Gasteiger partial charge is 0.0242 e. The molecule has 0 bridgehead atoms. The van der Waals surface area contributed by atoms with Crippen LogP contribution in [-0.4, -0.2) is 9.49 Å². The summed E-state index contributed by atoms with van der Waals surface area (Å²) in [5, 5.41) is 0. The maximum absolute atomic E-state index is 2.37. The van der Waals surface area contributed by atoms with E-state index in [2.05, 4.69) is 118 Å². The molecule has 0 aliphatic rings. The van der Waals surface area contributed by atoms with Crippen molar-refractivity contribution in [3.8, 4) is 0 Å². The Balaban J connectivity index is 2.20. The summed E-state index contributed by atoms with van der Waals surface area (Å²) < 4.78 is 0.306. The topological polar surface area (TPSA) is 0 Å². The molecule has 0 unspecified atom stereocenters. The zero-order valence-corrected chi connectivity index (χ0v) is 21.1. The van der Waals surface area contributed by atoms with Gasteiger partial charge in [-0.25, -0.2) is 0 Å². The fourth-order valence-electron chi connectivity index (χ4n) is 3.09. The van der Waals surface area contributed by atoms with E-state index in [-0.39, 0.29) is 20.3 Å². The van der Waals surface area contributed by atoms with Gasteiger partial charge in [-0.3, -0.25) is 0 Å². The molecule has 0 heterocycles. The van der Waals surface area contributed by atoms with Gasteiger partial charge in [0.1, 0.15) is 0 Å². The lowest BCUT2D eigenvalue weighted by molar-refractivity contribution is 0.412. The van der Waals surface area contributed by atoms with Crippen LogP contribution in [-0.2, 0) is 10.8 Å². The Hall–Kier alpha value is -0.860. The predicted molar refractivity (Wildman–Crippen MR) is 130 cm³/mol. The third kappa shape index (κ3) is 5.83. The number of thioether (sulfide) groups is 2. The Morgan fingerprint density at radius 1 is 0.500 bits per heavy atom. The molecule has 0 aromatic heterocycles. The summed E-state index contributed by atoms with van der Waals surface area (Å²) >= 11 is 3.90. The molecule has 2 aromatic rings. The minimum atomic E-state index is 0.0469. The molecule has 2 aromatic carbocycles. The summed E-state index contributed by atoms with van der Waals surface area (Å²) in [4.78, 5) is 2.68. The van der Waals surface area contributed by atoms with Gasteiger partial charge in [-0.05, 0) is 54.7 Å². The molecule has 0 aliphatic heterocycles. The quantitative estimate of drug-likeness (QED) is 0.448. The zero-order chi connectivity index (χ0) is 21.4. The maximum atomic E-state index is 2.37. The van der Waals surface area contributed by atoms with Crippen molar-refractivity contribution in [3.05, 3.63) is 59.7 Å². The number of hydrogen-bond donors (Lipinski definition) is 0. The second kappa shape index (κ2) is 8.11. The molecule has 0 N–H and O–H groups in total. The van der Waals surface area contributed by atoms with Gasteiger partial charge in [-0.1, -0.05) is 79.7 Å². The van der Waals surface area contributed by atoms with E-state index in [0.29, 0.717) is 0 Å². The van der Waals surface area contributed by atoms with Crippen LogP contribution in [0, 0.1) is 0 Å². The molecule has 2 rings (SSSR count). The average Bonchev–Trinajstić information content (AvgIpc) is 2.53. The number of rotatable bonds is 5. The van der Waals surface area contributed by atoms with Gasteiger partial charge in [0.05, 0.1) is 0 Å². The monoisotopic (exact) mass is 414 g/mol. The average molecular weight is 415 g/mol. The lowest BCUT2D eigenvalue weighted by Gasteiger charge is -2.42. The van der Waals surface area contributed by atoms with Crippen molar-refractivity contribution >= 4 is 23.5 Å². The summed E-state index contributed by atoms with van der Waals surface area (Å²) in [5.41, 5.74) is 3.03. The first-order valence-electron chi connectivity index (χ1n) is 10.2. The molecule has 0 radical (unpaired) electrons. The minimum absolute atomic E-state index is 0.0469. The summed E-state index contributed by atoms with van der Waals surface area (Å²) in [6.07, 6.45) is 0. The second-order valence-electron chi connectivity index (χ2n) is 10.8. The first-order valence-corrected chi connectivity index (χ1v) is 11.8. The third-order valence-corrected chi connectivity index (χ3v) is 8.25. The van der Waals surface area contributed by atoms with E-state index < -0.39 is 0 Å². The molecular formula is C26H38S2. The zero-order valence-electron chi connectivity index (χ0n) is 19.4. The molecule has 0 amide bonds. The van der Waals surface area contributed by atoms with Gasteiger partial charge < -0.3 is 0 Å². The van der Waals surface area contributed by atoms with Crippen LogP contribution in [0.1, 0.15) is 80.4 Å². The van der Waals surface area contributed by atoms with E-state index in [9.17, 15) is 0 Å². The molecule has 0 spiro atoms. The number of hydrogen-bond acceptors (Lipinski definition) is 2. The Labute approximate surface area is 182 Å². The molecule has 154 valence electrons. The van der Waals surface area contributed by atoms with Crippen molar-refractivity contribution in [2.45, 2.75) is 99.4 Å². The molecule has 0 fully saturated rings. The largest absolute Gasteiger partial charge is 0.120 e. The molecule has 2 heteroatoms. The first-order chi connectivity index (χ1) is 12.6.